The number of aryl methyl sites for hydroxylation is 8. The van der Waals surface area contributed by atoms with Crippen LogP contribution in [0.4, 0.5) is 28.4 Å². The maximum Gasteiger partial charge on any atom is 0.121 e. The second-order valence-electron chi connectivity index (χ2n) is 12.4. The molecule has 0 aromatic heterocycles. The van der Waals surface area contributed by atoms with Crippen LogP contribution < -0.4 is 26.2 Å². The fraction of sp³-hybridized carbons (Fsp3) is 0.211. The Bertz CT molecular complexity index is 1900. The van der Waals surface area contributed by atoms with Gasteiger partial charge in [0.2, 0.25) is 0 Å². The van der Waals surface area contributed by atoms with Gasteiger partial charge in [-0.3, -0.25) is 10.9 Å². The zero-order valence-corrected chi connectivity index (χ0v) is 29.2. The standard InChI is InChI=1S/C38H42ClN5O4/c1-21-13-31(14-22(2)35(21)45)41-43(33-17-25(5)37(47)26(6)18-33)44(34-19-27(7)38(48)28(8)20-34)42(40-30-11-9-29(39)10-12-30)32-15-23(3)36(46)24(4)16-32/h9-20,40-41,45-48H,1-8H3. The van der Waals surface area contributed by atoms with Gasteiger partial charge in [0.05, 0.1) is 28.4 Å². The van der Waals surface area contributed by atoms with Crippen LogP contribution in [0.5, 0.6) is 23.0 Å². The molecule has 5 aromatic carbocycles. The first-order chi connectivity index (χ1) is 22.6. The molecule has 0 atom stereocenters. The summed E-state index contributed by atoms with van der Waals surface area (Å²) in [5, 5.41) is 49.1. The molecule has 0 fully saturated rings. The predicted molar refractivity (Wildman–Crippen MR) is 196 cm³/mol. The second-order valence-corrected chi connectivity index (χ2v) is 12.8. The molecule has 0 amide bonds. The highest BCUT2D eigenvalue weighted by Crippen LogP contribution is 2.38. The van der Waals surface area contributed by atoms with E-state index in [0.717, 1.165) is 0 Å². The molecule has 10 heteroatoms. The first-order valence-corrected chi connectivity index (χ1v) is 15.9. The van der Waals surface area contributed by atoms with Gasteiger partial charge in [-0.2, -0.15) is 15.4 Å². The number of hydrogen-bond acceptors (Lipinski definition) is 9. The molecule has 0 spiro atoms. The number of nitrogens with one attached hydrogen (secondary N) is 2. The van der Waals surface area contributed by atoms with Gasteiger partial charge in [-0.25, -0.2) is 0 Å². The van der Waals surface area contributed by atoms with Gasteiger partial charge in [0, 0.05) is 5.02 Å². The molecule has 0 saturated carbocycles. The van der Waals surface area contributed by atoms with Crippen molar-refractivity contribution < 1.29 is 20.4 Å². The molecule has 5 rings (SSSR count). The Kier molecular flexibility index (Phi) is 9.45. The van der Waals surface area contributed by atoms with Crippen molar-refractivity contribution in [3.05, 3.63) is 122 Å². The lowest BCUT2D eigenvalue weighted by Gasteiger charge is -2.46. The predicted octanol–water partition coefficient (Wildman–Crippen LogP) is 9.33. The van der Waals surface area contributed by atoms with Gasteiger partial charge in [0.15, 0.2) is 0 Å². The molecule has 0 radical (unpaired) electrons. The molecule has 5 aromatic rings. The monoisotopic (exact) mass is 667 g/mol. The highest BCUT2D eigenvalue weighted by molar-refractivity contribution is 6.30. The van der Waals surface area contributed by atoms with E-state index < -0.39 is 0 Å². The summed E-state index contributed by atoms with van der Waals surface area (Å²) in [6.07, 6.45) is 0. The van der Waals surface area contributed by atoms with Gasteiger partial charge in [-0.05, 0) is 173 Å². The fourth-order valence-corrected chi connectivity index (χ4v) is 5.84. The fourth-order valence-electron chi connectivity index (χ4n) is 5.71. The lowest BCUT2D eigenvalue weighted by Crippen LogP contribution is -2.59. The number of hydrogen-bond donors (Lipinski definition) is 6. The molecule has 0 heterocycles. The largest absolute Gasteiger partial charge is 0.507 e. The van der Waals surface area contributed by atoms with Crippen LogP contribution in [0.15, 0.2) is 72.8 Å². The number of halogens is 1. The highest BCUT2D eigenvalue weighted by atomic mass is 35.5. The molecule has 0 aliphatic carbocycles. The minimum Gasteiger partial charge on any atom is -0.507 e. The van der Waals surface area contributed by atoms with Crippen LogP contribution >= 0.6 is 11.6 Å². The Labute approximate surface area is 286 Å². The third kappa shape index (κ3) is 6.82. The van der Waals surface area contributed by atoms with Gasteiger partial charge < -0.3 is 20.4 Å². The number of anilines is 5. The minimum atomic E-state index is 0.188. The first kappa shape index (κ1) is 33.9. The summed E-state index contributed by atoms with van der Waals surface area (Å²) in [5.41, 5.74) is 15.9. The van der Waals surface area contributed by atoms with E-state index in [1.807, 2.05) is 131 Å². The number of phenols is 4. The van der Waals surface area contributed by atoms with Gasteiger partial charge in [-0.1, -0.05) is 11.6 Å². The Hall–Kier alpha value is -5.41. The molecule has 0 unspecified atom stereocenters. The maximum atomic E-state index is 10.8. The summed E-state index contributed by atoms with van der Waals surface area (Å²) in [6, 6.07) is 22.3. The Morgan fingerprint density at radius 1 is 0.417 bits per heavy atom. The lowest BCUT2D eigenvalue weighted by molar-refractivity contribution is 0.466. The molecule has 0 aliphatic rings. The summed E-state index contributed by atoms with van der Waals surface area (Å²) in [4.78, 5) is 0. The van der Waals surface area contributed by atoms with Gasteiger partial charge >= 0.3 is 0 Å². The van der Waals surface area contributed by atoms with Crippen molar-refractivity contribution in [3.8, 4) is 23.0 Å². The lowest BCUT2D eigenvalue weighted by atomic mass is 10.1. The molecular formula is C38H42ClN5O4. The Morgan fingerprint density at radius 3 is 1.06 bits per heavy atom. The van der Waals surface area contributed by atoms with Crippen LogP contribution in [0, 0.1) is 55.4 Å². The summed E-state index contributed by atoms with van der Waals surface area (Å²) in [5.74, 6) is 0.792. The van der Waals surface area contributed by atoms with Crippen LogP contribution in [0.25, 0.3) is 0 Å². The normalized spacial score (nSPS) is 10.9. The molecular weight excluding hydrogens is 626 g/mol. The van der Waals surface area contributed by atoms with Crippen molar-refractivity contribution in [1.29, 1.82) is 0 Å². The second kappa shape index (κ2) is 13.4. The third-order valence-corrected chi connectivity index (χ3v) is 8.58. The van der Waals surface area contributed by atoms with E-state index in [1.165, 1.54) is 0 Å². The van der Waals surface area contributed by atoms with E-state index in [4.69, 9.17) is 11.6 Å². The van der Waals surface area contributed by atoms with E-state index in [0.29, 0.717) is 78.0 Å². The van der Waals surface area contributed by atoms with Crippen molar-refractivity contribution in [2.24, 2.45) is 0 Å². The van der Waals surface area contributed by atoms with Crippen molar-refractivity contribution in [1.82, 2.24) is 0 Å². The van der Waals surface area contributed by atoms with E-state index >= 15 is 0 Å². The molecule has 0 saturated heterocycles. The Morgan fingerprint density at radius 2 is 0.708 bits per heavy atom. The van der Waals surface area contributed by atoms with E-state index in [2.05, 4.69) is 10.9 Å². The summed E-state index contributed by atoms with van der Waals surface area (Å²) >= 11 is 6.27. The zero-order valence-electron chi connectivity index (χ0n) is 28.4. The summed E-state index contributed by atoms with van der Waals surface area (Å²) in [6.45, 7) is 14.7. The third-order valence-electron chi connectivity index (χ3n) is 8.33. The van der Waals surface area contributed by atoms with Gasteiger partial charge in [0.1, 0.15) is 23.0 Å². The molecule has 48 heavy (non-hydrogen) atoms. The zero-order chi connectivity index (χ0) is 35.0. The maximum absolute atomic E-state index is 10.8. The number of benzene rings is 5. The van der Waals surface area contributed by atoms with Crippen molar-refractivity contribution in [2.75, 3.05) is 26.2 Å². The van der Waals surface area contributed by atoms with Gasteiger partial charge in [0.25, 0.3) is 0 Å². The van der Waals surface area contributed by atoms with Crippen molar-refractivity contribution >= 4 is 40.0 Å². The van der Waals surface area contributed by atoms with E-state index in [-0.39, 0.29) is 23.0 Å². The van der Waals surface area contributed by atoms with E-state index in [9.17, 15) is 20.4 Å². The number of hydrazine groups is 4. The van der Waals surface area contributed by atoms with Crippen LogP contribution in [0.1, 0.15) is 44.5 Å². The summed E-state index contributed by atoms with van der Waals surface area (Å²) < 4.78 is 0. The van der Waals surface area contributed by atoms with Crippen LogP contribution in [0.2, 0.25) is 5.02 Å². The average Bonchev–Trinajstić information content (AvgIpc) is 3.03. The van der Waals surface area contributed by atoms with Crippen LogP contribution in [-0.4, -0.2) is 20.4 Å². The Balaban J connectivity index is 1.86. The van der Waals surface area contributed by atoms with E-state index in [1.54, 1.807) is 12.1 Å². The molecule has 250 valence electrons. The van der Waals surface area contributed by atoms with Crippen molar-refractivity contribution in [3.63, 3.8) is 0 Å². The topological polar surface area (TPSA) is 115 Å². The van der Waals surface area contributed by atoms with Gasteiger partial charge in [-0.15, -0.1) is 0 Å². The van der Waals surface area contributed by atoms with Crippen LogP contribution in [0.3, 0.4) is 0 Å². The molecule has 6 N–H and O–H groups in total. The SMILES string of the molecule is Cc1cc(NN(c2cc(C)c(O)c(C)c2)N(c2cc(C)c(O)c(C)c2)N(Nc2ccc(Cl)cc2)c2cc(C)c(O)c(C)c2)cc(C)c1O. The molecule has 0 aliphatic heterocycles. The number of phenolic OH excluding ortho intramolecular Hbond substituents is 4. The van der Waals surface area contributed by atoms with Crippen molar-refractivity contribution in [2.45, 2.75) is 55.4 Å². The quantitative estimate of drug-likeness (QED) is 0.0676. The first-order valence-electron chi connectivity index (χ1n) is 15.5. The number of rotatable bonds is 9. The van der Waals surface area contributed by atoms with Crippen LogP contribution in [-0.2, 0) is 0 Å². The minimum absolute atomic E-state index is 0.188. The number of nitrogens with zero attached hydrogens (tertiary/aromatic N) is 3. The molecule has 9 nitrogen and oxygen atoms in total. The number of aromatic hydroxyl groups is 4. The smallest absolute Gasteiger partial charge is 0.121 e. The molecule has 0 bridgehead atoms. The summed E-state index contributed by atoms with van der Waals surface area (Å²) in [7, 11) is 0. The highest BCUT2D eigenvalue weighted by Gasteiger charge is 2.29. The average molecular weight is 668 g/mol.